The van der Waals surface area contributed by atoms with Crippen molar-refractivity contribution in [2.24, 2.45) is 11.1 Å². The van der Waals surface area contributed by atoms with Crippen LogP contribution in [0.15, 0.2) is 0 Å². The number of hydrogen-bond acceptors (Lipinski definition) is 4. The average Bonchev–Trinajstić information content (AvgIpc) is 2.38. The molecule has 0 aliphatic carbocycles. The SMILES string of the molecule is CCC1(C(=O)NCCOCC(N)=O)CCNCC1. The Morgan fingerprint density at radius 2 is 2.06 bits per heavy atom. The summed E-state index contributed by atoms with van der Waals surface area (Å²) in [5, 5.41) is 6.14. The van der Waals surface area contributed by atoms with Crippen LogP contribution in [0.5, 0.6) is 0 Å². The maximum Gasteiger partial charge on any atom is 0.243 e. The fourth-order valence-electron chi connectivity index (χ4n) is 2.24. The Kier molecular flexibility index (Phi) is 6.07. The first-order valence-corrected chi connectivity index (χ1v) is 6.46. The van der Waals surface area contributed by atoms with Gasteiger partial charge in [-0.15, -0.1) is 0 Å². The molecule has 1 heterocycles. The molecule has 1 fully saturated rings. The molecule has 0 aromatic carbocycles. The number of piperidine rings is 1. The zero-order valence-electron chi connectivity index (χ0n) is 11.0. The van der Waals surface area contributed by atoms with Gasteiger partial charge in [0.25, 0.3) is 0 Å². The lowest BCUT2D eigenvalue weighted by Gasteiger charge is -2.35. The minimum absolute atomic E-state index is 0.0918. The zero-order chi connectivity index (χ0) is 13.4. The van der Waals surface area contributed by atoms with Gasteiger partial charge in [0.15, 0.2) is 0 Å². The van der Waals surface area contributed by atoms with Gasteiger partial charge in [0, 0.05) is 6.54 Å². The number of ether oxygens (including phenoxy) is 1. The maximum atomic E-state index is 12.2. The van der Waals surface area contributed by atoms with Gasteiger partial charge in [0.05, 0.1) is 12.0 Å². The number of nitrogens with two attached hydrogens (primary N) is 1. The van der Waals surface area contributed by atoms with E-state index in [9.17, 15) is 9.59 Å². The Bertz CT molecular complexity index is 288. The van der Waals surface area contributed by atoms with E-state index < -0.39 is 5.91 Å². The summed E-state index contributed by atoms with van der Waals surface area (Å²) < 4.78 is 5.00. The lowest BCUT2D eigenvalue weighted by Crippen LogP contribution is -2.48. The quantitative estimate of drug-likeness (QED) is 0.530. The summed E-state index contributed by atoms with van der Waals surface area (Å²) >= 11 is 0. The molecular formula is C12H23N3O3. The number of carbonyl (C=O) groups excluding carboxylic acids is 2. The second-order valence-corrected chi connectivity index (χ2v) is 4.66. The standard InChI is InChI=1S/C12H23N3O3/c1-2-12(3-5-14-6-4-12)11(17)15-7-8-18-9-10(13)16/h14H,2-9H2,1H3,(H2,13,16)(H,15,17). The molecule has 1 aliphatic rings. The second kappa shape index (κ2) is 7.33. The second-order valence-electron chi connectivity index (χ2n) is 4.66. The summed E-state index contributed by atoms with van der Waals surface area (Å²) in [5.41, 5.74) is 4.69. The molecule has 0 bridgehead atoms. The van der Waals surface area contributed by atoms with Crippen LogP contribution in [-0.4, -0.2) is 44.7 Å². The van der Waals surface area contributed by atoms with Crippen molar-refractivity contribution in [3.05, 3.63) is 0 Å². The van der Waals surface area contributed by atoms with Crippen LogP contribution in [0.25, 0.3) is 0 Å². The summed E-state index contributed by atoms with van der Waals surface area (Å²) in [7, 11) is 0. The maximum absolute atomic E-state index is 12.2. The van der Waals surface area contributed by atoms with E-state index >= 15 is 0 Å². The molecule has 0 radical (unpaired) electrons. The van der Waals surface area contributed by atoms with Crippen molar-refractivity contribution in [2.45, 2.75) is 26.2 Å². The van der Waals surface area contributed by atoms with E-state index in [-0.39, 0.29) is 17.9 Å². The number of hydrogen-bond donors (Lipinski definition) is 3. The van der Waals surface area contributed by atoms with Crippen LogP contribution >= 0.6 is 0 Å². The Morgan fingerprint density at radius 1 is 1.39 bits per heavy atom. The Labute approximate surface area is 108 Å². The van der Waals surface area contributed by atoms with Crippen molar-refractivity contribution in [2.75, 3.05) is 32.8 Å². The molecule has 4 N–H and O–H groups in total. The van der Waals surface area contributed by atoms with Gasteiger partial charge in [-0.3, -0.25) is 9.59 Å². The lowest BCUT2D eigenvalue weighted by molar-refractivity contribution is -0.133. The smallest absolute Gasteiger partial charge is 0.243 e. The van der Waals surface area contributed by atoms with Gasteiger partial charge in [-0.05, 0) is 32.4 Å². The normalized spacial score (nSPS) is 18.3. The van der Waals surface area contributed by atoms with Gasteiger partial charge in [-0.25, -0.2) is 0 Å². The Balaban J connectivity index is 2.27. The van der Waals surface area contributed by atoms with Gasteiger partial charge in [-0.1, -0.05) is 6.92 Å². The molecule has 6 nitrogen and oxygen atoms in total. The van der Waals surface area contributed by atoms with Crippen molar-refractivity contribution in [3.63, 3.8) is 0 Å². The molecule has 0 atom stereocenters. The molecule has 0 aromatic heterocycles. The van der Waals surface area contributed by atoms with E-state index in [0.717, 1.165) is 32.4 Å². The number of rotatable bonds is 7. The minimum atomic E-state index is -0.496. The molecule has 6 heteroatoms. The predicted molar refractivity (Wildman–Crippen MR) is 67.9 cm³/mol. The van der Waals surface area contributed by atoms with Crippen LogP contribution in [0.3, 0.4) is 0 Å². The van der Waals surface area contributed by atoms with Gasteiger partial charge in [0.2, 0.25) is 11.8 Å². The minimum Gasteiger partial charge on any atom is -0.370 e. The molecule has 104 valence electrons. The number of amides is 2. The molecule has 0 aromatic rings. The third-order valence-electron chi connectivity index (χ3n) is 3.50. The first kappa shape index (κ1) is 14.9. The van der Waals surface area contributed by atoms with Crippen molar-refractivity contribution < 1.29 is 14.3 Å². The van der Waals surface area contributed by atoms with Crippen LogP contribution in [0.4, 0.5) is 0 Å². The molecule has 0 spiro atoms. The molecule has 1 aliphatic heterocycles. The van der Waals surface area contributed by atoms with E-state index in [1.54, 1.807) is 0 Å². The highest BCUT2D eigenvalue weighted by atomic mass is 16.5. The molecular weight excluding hydrogens is 234 g/mol. The van der Waals surface area contributed by atoms with Gasteiger partial charge in [-0.2, -0.15) is 0 Å². The van der Waals surface area contributed by atoms with Crippen LogP contribution in [-0.2, 0) is 14.3 Å². The molecule has 0 saturated carbocycles. The van der Waals surface area contributed by atoms with Crippen molar-refractivity contribution in [1.29, 1.82) is 0 Å². The van der Waals surface area contributed by atoms with E-state index in [0.29, 0.717) is 13.2 Å². The molecule has 0 unspecified atom stereocenters. The summed E-state index contributed by atoms with van der Waals surface area (Å²) in [6.07, 6.45) is 2.59. The van der Waals surface area contributed by atoms with Gasteiger partial charge < -0.3 is 21.1 Å². The fourth-order valence-corrected chi connectivity index (χ4v) is 2.24. The van der Waals surface area contributed by atoms with Crippen LogP contribution in [0.2, 0.25) is 0 Å². The molecule has 1 saturated heterocycles. The topological polar surface area (TPSA) is 93.4 Å². The van der Waals surface area contributed by atoms with Crippen molar-refractivity contribution >= 4 is 11.8 Å². The van der Waals surface area contributed by atoms with Crippen molar-refractivity contribution in [3.8, 4) is 0 Å². The number of carbonyl (C=O) groups is 2. The van der Waals surface area contributed by atoms with E-state index in [1.165, 1.54) is 0 Å². The van der Waals surface area contributed by atoms with E-state index in [1.807, 2.05) is 0 Å². The number of primary amides is 1. The third-order valence-corrected chi connectivity index (χ3v) is 3.50. The number of nitrogens with one attached hydrogen (secondary N) is 2. The molecule has 18 heavy (non-hydrogen) atoms. The van der Waals surface area contributed by atoms with E-state index in [4.69, 9.17) is 10.5 Å². The Hall–Kier alpha value is -1.14. The Morgan fingerprint density at radius 3 is 2.61 bits per heavy atom. The lowest BCUT2D eigenvalue weighted by atomic mass is 9.76. The average molecular weight is 257 g/mol. The first-order valence-electron chi connectivity index (χ1n) is 6.46. The van der Waals surface area contributed by atoms with Crippen LogP contribution < -0.4 is 16.4 Å². The fraction of sp³-hybridized carbons (Fsp3) is 0.833. The molecule has 2 amide bonds. The summed E-state index contributed by atoms with van der Waals surface area (Å²) in [6, 6.07) is 0. The third kappa shape index (κ3) is 4.27. The first-order chi connectivity index (χ1) is 8.60. The van der Waals surface area contributed by atoms with E-state index in [2.05, 4.69) is 17.6 Å². The summed E-state index contributed by atoms with van der Waals surface area (Å²) in [5.74, 6) is -0.404. The highest BCUT2D eigenvalue weighted by Gasteiger charge is 2.37. The van der Waals surface area contributed by atoms with Gasteiger partial charge >= 0.3 is 0 Å². The largest absolute Gasteiger partial charge is 0.370 e. The van der Waals surface area contributed by atoms with Gasteiger partial charge in [0.1, 0.15) is 6.61 Å². The highest BCUT2D eigenvalue weighted by molar-refractivity contribution is 5.82. The predicted octanol–water partition coefficient (Wildman–Crippen LogP) is -0.616. The van der Waals surface area contributed by atoms with Crippen molar-refractivity contribution in [1.82, 2.24) is 10.6 Å². The zero-order valence-corrected chi connectivity index (χ0v) is 11.0. The highest BCUT2D eigenvalue weighted by Crippen LogP contribution is 2.32. The van der Waals surface area contributed by atoms with Crippen LogP contribution in [0, 0.1) is 5.41 Å². The van der Waals surface area contributed by atoms with Crippen LogP contribution in [0.1, 0.15) is 26.2 Å². The summed E-state index contributed by atoms with van der Waals surface area (Å²) in [6.45, 7) is 4.46. The summed E-state index contributed by atoms with van der Waals surface area (Å²) in [4.78, 5) is 22.6. The molecule has 1 rings (SSSR count). The monoisotopic (exact) mass is 257 g/mol.